The first-order valence-electron chi connectivity index (χ1n) is 15.0. The molecule has 0 N–H and O–H groups in total. The van der Waals surface area contributed by atoms with Gasteiger partial charge in [0, 0.05) is 21.2 Å². The van der Waals surface area contributed by atoms with E-state index < -0.39 is 12.0 Å². The van der Waals surface area contributed by atoms with E-state index in [-0.39, 0.29) is 24.3 Å². The number of carbonyl (C=O) groups is 1. The zero-order chi connectivity index (χ0) is 34.5. The third kappa shape index (κ3) is 7.29. The normalized spacial score (nSPS) is 14.3. The second-order valence-electron chi connectivity index (χ2n) is 10.6. The van der Waals surface area contributed by atoms with Gasteiger partial charge in [0.1, 0.15) is 24.1 Å². The Balaban J connectivity index is 1.65. The number of allylic oxidation sites excluding steroid dienone is 1. The minimum absolute atomic E-state index is 0.164. The SMILES string of the molecule is CCCC1=C(C(=O)OCC)[C@@H](c2cc(OC)ccc2OC)n2c(s/c(=C\c3cc(Br)c(OCc4ccc(Cl)cc4Cl)c(OC)c3)c2=O)=N1. The van der Waals surface area contributed by atoms with Gasteiger partial charge in [-0.2, -0.15) is 0 Å². The zero-order valence-corrected chi connectivity index (χ0v) is 30.8. The topological polar surface area (TPSA) is 97.6 Å². The van der Waals surface area contributed by atoms with Gasteiger partial charge in [0.25, 0.3) is 5.56 Å². The van der Waals surface area contributed by atoms with Gasteiger partial charge in [0.2, 0.25) is 0 Å². The van der Waals surface area contributed by atoms with Crippen molar-refractivity contribution in [1.29, 1.82) is 0 Å². The summed E-state index contributed by atoms with van der Waals surface area (Å²) in [5, 5.41) is 1.02. The third-order valence-electron chi connectivity index (χ3n) is 7.56. The number of thiazole rings is 1. The first-order chi connectivity index (χ1) is 23.1. The highest BCUT2D eigenvalue weighted by Gasteiger charge is 2.36. The summed E-state index contributed by atoms with van der Waals surface area (Å²) < 4.78 is 31.1. The molecule has 48 heavy (non-hydrogen) atoms. The van der Waals surface area contributed by atoms with Crippen LogP contribution in [0.15, 0.2) is 74.1 Å². The molecule has 3 aromatic carbocycles. The van der Waals surface area contributed by atoms with Gasteiger partial charge in [-0.05, 0) is 83.4 Å². The molecule has 1 aliphatic rings. The smallest absolute Gasteiger partial charge is 0.338 e. The van der Waals surface area contributed by atoms with Gasteiger partial charge in [-0.3, -0.25) is 9.36 Å². The summed E-state index contributed by atoms with van der Waals surface area (Å²) in [7, 11) is 4.63. The molecule has 0 saturated carbocycles. The van der Waals surface area contributed by atoms with Crippen LogP contribution in [0, 0.1) is 0 Å². The van der Waals surface area contributed by atoms with E-state index in [2.05, 4.69) is 15.9 Å². The number of hydrogen-bond acceptors (Lipinski definition) is 9. The molecule has 0 saturated heterocycles. The lowest BCUT2D eigenvalue weighted by Gasteiger charge is -2.27. The molecule has 2 heterocycles. The number of ether oxygens (including phenoxy) is 5. The van der Waals surface area contributed by atoms with Crippen molar-refractivity contribution in [2.75, 3.05) is 27.9 Å². The molecule has 0 fully saturated rings. The average Bonchev–Trinajstić information content (AvgIpc) is 3.37. The van der Waals surface area contributed by atoms with Gasteiger partial charge in [-0.25, -0.2) is 9.79 Å². The number of rotatable bonds is 12. The van der Waals surface area contributed by atoms with Crippen molar-refractivity contribution >= 4 is 62.5 Å². The predicted molar refractivity (Wildman–Crippen MR) is 191 cm³/mol. The summed E-state index contributed by atoms with van der Waals surface area (Å²) in [4.78, 5) is 33.2. The average molecular weight is 777 g/mol. The van der Waals surface area contributed by atoms with Gasteiger partial charge in [0.05, 0.1) is 48.2 Å². The Morgan fingerprint density at radius 2 is 1.79 bits per heavy atom. The lowest BCUT2D eigenvalue weighted by Crippen LogP contribution is -2.40. The van der Waals surface area contributed by atoms with E-state index in [1.54, 1.807) is 69.7 Å². The zero-order valence-electron chi connectivity index (χ0n) is 26.9. The molecule has 0 aliphatic carbocycles. The fourth-order valence-corrected chi connectivity index (χ4v) is 7.43. The summed E-state index contributed by atoms with van der Waals surface area (Å²) in [6, 6.07) is 13.2. The van der Waals surface area contributed by atoms with Crippen LogP contribution in [0.25, 0.3) is 6.08 Å². The maximum Gasteiger partial charge on any atom is 0.338 e. The van der Waals surface area contributed by atoms with E-state index in [9.17, 15) is 9.59 Å². The predicted octanol–water partition coefficient (Wildman–Crippen LogP) is 7.25. The summed E-state index contributed by atoms with van der Waals surface area (Å²) in [5.41, 5.74) is 2.52. The highest BCUT2D eigenvalue weighted by Crippen LogP contribution is 2.40. The van der Waals surface area contributed by atoms with Crippen LogP contribution in [0.1, 0.15) is 49.4 Å². The number of aromatic nitrogens is 1. The molecule has 5 rings (SSSR count). The summed E-state index contributed by atoms with van der Waals surface area (Å²) in [6.07, 6.45) is 2.99. The van der Waals surface area contributed by atoms with E-state index in [1.807, 2.05) is 13.0 Å². The van der Waals surface area contributed by atoms with Crippen LogP contribution in [-0.4, -0.2) is 38.5 Å². The molecule has 0 amide bonds. The summed E-state index contributed by atoms with van der Waals surface area (Å²) in [5.74, 6) is 1.40. The Hall–Kier alpha value is -3.77. The van der Waals surface area contributed by atoms with Crippen LogP contribution < -0.4 is 33.8 Å². The van der Waals surface area contributed by atoms with Gasteiger partial charge >= 0.3 is 5.97 Å². The fraction of sp³-hybridized carbons (Fsp3) is 0.286. The molecule has 13 heteroatoms. The number of hydrogen-bond donors (Lipinski definition) is 0. The Kier molecular flexibility index (Phi) is 11.6. The van der Waals surface area contributed by atoms with E-state index in [0.717, 1.165) is 12.0 Å². The number of nitrogens with zero attached hydrogens (tertiary/aromatic N) is 2. The number of halogens is 3. The van der Waals surface area contributed by atoms with Crippen molar-refractivity contribution < 1.29 is 28.5 Å². The number of fused-ring (bicyclic) bond motifs is 1. The molecule has 252 valence electrons. The molecule has 9 nitrogen and oxygen atoms in total. The Morgan fingerprint density at radius 3 is 2.46 bits per heavy atom. The van der Waals surface area contributed by atoms with E-state index in [1.165, 1.54) is 23.0 Å². The molecular formula is C35H33BrCl2N2O7S. The molecule has 0 spiro atoms. The first-order valence-corrected chi connectivity index (χ1v) is 17.4. The number of esters is 1. The fourth-order valence-electron chi connectivity index (χ4n) is 5.37. The summed E-state index contributed by atoms with van der Waals surface area (Å²) in [6.45, 7) is 4.09. The molecule has 0 radical (unpaired) electrons. The van der Waals surface area contributed by atoms with Crippen molar-refractivity contribution in [3.63, 3.8) is 0 Å². The van der Waals surface area contributed by atoms with Gasteiger partial charge in [-0.1, -0.05) is 53.9 Å². The number of benzene rings is 3. The van der Waals surface area contributed by atoms with Crippen LogP contribution in [0.4, 0.5) is 0 Å². The van der Waals surface area contributed by atoms with Crippen molar-refractivity contribution in [3.8, 4) is 23.0 Å². The molecule has 0 bridgehead atoms. The quantitative estimate of drug-likeness (QED) is 0.140. The van der Waals surface area contributed by atoms with Crippen LogP contribution in [-0.2, 0) is 16.1 Å². The molecule has 1 aliphatic heterocycles. The van der Waals surface area contributed by atoms with Gasteiger partial charge < -0.3 is 23.7 Å². The second kappa shape index (κ2) is 15.6. The van der Waals surface area contributed by atoms with Crippen molar-refractivity contribution in [2.24, 2.45) is 4.99 Å². The minimum atomic E-state index is -0.870. The van der Waals surface area contributed by atoms with Crippen molar-refractivity contribution in [1.82, 2.24) is 4.57 Å². The lowest BCUT2D eigenvalue weighted by atomic mass is 9.93. The van der Waals surface area contributed by atoms with Crippen LogP contribution in [0.3, 0.4) is 0 Å². The van der Waals surface area contributed by atoms with Crippen LogP contribution in [0.2, 0.25) is 10.0 Å². The Labute approximate surface area is 300 Å². The minimum Gasteiger partial charge on any atom is -0.497 e. The largest absolute Gasteiger partial charge is 0.497 e. The number of carbonyl (C=O) groups excluding carboxylic acids is 1. The lowest BCUT2D eigenvalue weighted by molar-refractivity contribution is -0.139. The van der Waals surface area contributed by atoms with E-state index >= 15 is 0 Å². The Bertz CT molecular complexity index is 2080. The van der Waals surface area contributed by atoms with Crippen molar-refractivity contribution in [3.05, 3.63) is 111 Å². The van der Waals surface area contributed by atoms with Crippen molar-refractivity contribution in [2.45, 2.75) is 39.3 Å². The van der Waals surface area contributed by atoms with E-state index in [0.29, 0.717) is 70.1 Å². The third-order valence-corrected chi connectivity index (χ3v) is 9.72. The first kappa shape index (κ1) is 35.5. The van der Waals surface area contributed by atoms with Crippen LogP contribution >= 0.6 is 50.5 Å². The highest BCUT2D eigenvalue weighted by molar-refractivity contribution is 9.10. The maximum absolute atomic E-state index is 14.3. The molecule has 1 aromatic heterocycles. The monoisotopic (exact) mass is 774 g/mol. The standard InChI is InChI=1S/C35H33BrCl2N2O7S/c1-6-8-26-30(34(42)46-7-2)31(23-17-22(43-3)11-12-27(23)44-4)40-33(41)29(48-35(40)39-26)15-19-13-24(36)32(28(14-19)45-5)47-18-20-9-10-21(37)16-25(20)38/h9-17,31H,6-8,18H2,1-5H3/b29-15-/t31-/m1/s1. The Morgan fingerprint density at radius 1 is 1.02 bits per heavy atom. The van der Waals surface area contributed by atoms with Gasteiger partial charge in [-0.15, -0.1) is 0 Å². The van der Waals surface area contributed by atoms with Crippen LogP contribution in [0.5, 0.6) is 23.0 Å². The second-order valence-corrected chi connectivity index (χ2v) is 13.3. The molecule has 4 aromatic rings. The van der Waals surface area contributed by atoms with Gasteiger partial charge in [0.15, 0.2) is 16.3 Å². The number of methoxy groups -OCH3 is 3. The van der Waals surface area contributed by atoms with E-state index in [4.69, 9.17) is 51.9 Å². The molecular weight excluding hydrogens is 743 g/mol. The highest BCUT2D eigenvalue weighted by atomic mass is 79.9. The molecule has 1 atom stereocenters. The summed E-state index contributed by atoms with van der Waals surface area (Å²) >= 11 is 17.2. The molecule has 0 unspecified atom stereocenters. The maximum atomic E-state index is 14.3.